The first kappa shape index (κ1) is 17.8. The van der Waals surface area contributed by atoms with Crippen LogP contribution in [0.1, 0.15) is 29.0 Å². The number of carbonyl (C=O) groups is 1. The Morgan fingerprint density at radius 3 is 2.60 bits per heavy atom. The summed E-state index contributed by atoms with van der Waals surface area (Å²) in [5.41, 5.74) is 3.73. The highest BCUT2D eigenvalue weighted by Crippen LogP contribution is 2.16. The van der Waals surface area contributed by atoms with Gasteiger partial charge in [0, 0.05) is 43.8 Å². The van der Waals surface area contributed by atoms with Gasteiger partial charge in [-0.25, -0.2) is 9.78 Å². The molecular weight excluding hydrogens is 334 g/mol. The number of carbonyl (C=O) groups excluding carboxylic acids is 1. The quantitative estimate of drug-likeness (QED) is 0.911. The predicted octanol–water partition coefficient (Wildman–Crippen LogP) is 3.07. The van der Waals surface area contributed by atoms with Crippen molar-refractivity contribution in [3.8, 4) is 0 Å². The van der Waals surface area contributed by atoms with E-state index in [4.69, 9.17) is 0 Å². The van der Waals surface area contributed by atoms with E-state index >= 15 is 0 Å². The van der Waals surface area contributed by atoms with E-state index in [0.29, 0.717) is 0 Å². The van der Waals surface area contributed by atoms with Gasteiger partial charge in [-0.3, -0.25) is 9.88 Å². The number of pyridine rings is 1. The molecule has 0 unspecified atom stereocenters. The fourth-order valence-corrected chi connectivity index (χ4v) is 3.67. The lowest BCUT2D eigenvalue weighted by atomic mass is 10.2. The van der Waals surface area contributed by atoms with Crippen molar-refractivity contribution < 1.29 is 4.79 Å². The Labute approximate surface area is 152 Å². The molecule has 2 aromatic rings. The predicted molar refractivity (Wildman–Crippen MR) is 101 cm³/mol. The van der Waals surface area contributed by atoms with Crippen molar-refractivity contribution in [1.29, 1.82) is 0 Å². The zero-order valence-corrected chi connectivity index (χ0v) is 15.9. The largest absolute Gasteiger partial charge is 0.322 e. The van der Waals surface area contributed by atoms with Gasteiger partial charge in [0.05, 0.1) is 22.1 Å². The Balaban J connectivity index is 1.50. The summed E-state index contributed by atoms with van der Waals surface area (Å²) in [7, 11) is 0. The summed E-state index contributed by atoms with van der Waals surface area (Å²) in [6, 6.07) is 3.79. The molecule has 1 fully saturated rings. The van der Waals surface area contributed by atoms with E-state index in [9.17, 15) is 4.79 Å². The van der Waals surface area contributed by atoms with Crippen molar-refractivity contribution >= 4 is 23.1 Å². The molecule has 0 atom stereocenters. The van der Waals surface area contributed by atoms with E-state index in [1.807, 2.05) is 30.9 Å². The van der Waals surface area contributed by atoms with E-state index in [2.05, 4.69) is 32.5 Å². The van der Waals surface area contributed by atoms with Crippen molar-refractivity contribution in [2.24, 2.45) is 0 Å². The summed E-state index contributed by atoms with van der Waals surface area (Å²) in [5.74, 6) is 0. The van der Waals surface area contributed by atoms with Crippen molar-refractivity contribution in [2.75, 3.05) is 31.5 Å². The highest BCUT2D eigenvalue weighted by Gasteiger charge is 2.22. The van der Waals surface area contributed by atoms with E-state index in [1.54, 1.807) is 11.3 Å². The molecule has 1 aliphatic heterocycles. The van der Waals surface area contributed by atoms with Gasteiger partial charge in [-0.15, -0.1) is 11.3 Å². The van der Waals surface area contributed by atoms with Crippen LogP contribution in [0.4, 0.5) is 10.5 Å². The lowest BCUT2D eigenvalue weighted by molar-refractivity contribution is 0.142. The zero-order chi connectivity index (χ0) is 17.8. The number of aryl methyl sites for hydroxylation is 3. The van der Waals surface area contributed by atoms with Crippen molar-refractivity contribution in [1.82, 2.24) is 19.8 Å². The van der Waals surface area contributed by atoms with Crippen LogP contribution in [0.3, 0.4) is 0 Å². The molecule has 1 saturated heterocycles. The van der Waals surface area contributed by atoms with E-state index in [-0.39, 0.29) is 6.03 Å². The summed E-state index contributed by atoms with van der Waals surface area (Å²) >= 11 is 1.73. The number of thiazole rings is 1. The number of nitrogens with one attached hydrogen (secondary N) is 1. The molecule has 2 amide bonds. The second kappa shape index (κ2) is 7.93. The van der Waals surface area contributed by atoms with Crippen LogP contribution in [-0.4, -0.2) is 52.0 Å². The molecule has 1 N–H and O–H groups in total. The van der Waals surface area contributed by atoms with E-state index in [1.165, 1.54) is 5.01 Å². The lowest BCUT2D eigenvalue weighted by Gasteiger charge is -2.34. The van der Waals surface area contributed by atoms with Crippen molar-refractivity contribution in [2.45, 2.75) is 33.7 Å². The number of amides is 2. The van der Waals surface area contributed by atoms with Crippen LogP contribution in [0.5, 0.6) is 0 Å². The number of hydrogen-bond donors (Lipinski definition) is 1. The molecular formula is C18H25N5OS. The average molecular weight is 359 g/mol. The van der Waals surface area contributed by atoms with Crippen LogP contribution in [0.15, 0.2) is 17.5 Å². The standard InChI is InChI=1S/C18H25N5OS/c1-4-17-20-15(12-25-17)11-22-7-9-23(10-8-22)18(24)21-16-6-5-13(2)19-14(16)3/h5-6,12H,4,7-11H2,1-3H3,(H,21,24). The Morgan fingerprint density at radius 2 is 1.96 bits per heavy atom. The minimum absolute atomic E-state index is 0.0460. The Kier molecular flexibility index (Phi) is 5.65. The van der Waals surface area contributed by atoms with Crippen LogP contribution >= 0.6 is 11.3 Å². The minimum atomic E-state index is -0.0460. The van der Waals surface area contributed by atoms with Crippen LogP contribution in [-0.2, 0) is 13.0 Å². The van der Waals surface area contributed by atoms with Crippen LogP contribution in [0.2, 0.25) is 0 Å². The fourth-order valence-electron chi connectivity index (χ4n) is 2.94. The topological polar surface area (TPSA) is 61.4 Å². The molecule has 0 bridgehead atoms. The maximum atomic E-state index is 12.5. The summed E-state index contributed by atoms with van der Waals surface area (Å²) in [6.07, 6.45) is 0.992. The van der Waals surface area contributed by atoms with Crippen LogP contribution < -0.4 is 5.32 Å². The Hall–Kier alpha value is -1.99. The summed E-state index contributed by atoms with van der Waals surface area (Å²) < 4.78 is 0. The molecule has 25 heavy (non-hydrogen) atoms. The van der Waals surface area contributed by atoms with Gasteiger partial charge in [-0.1, -0.05) is 6.92 Å². The summed E-state index contributed by atoms with van der Waals surface area (Å²) in [6.45, 7) is 10.1. The van der Waals surface area contributed by atoms with Crippen molar-refractivity contribution in [3.05, 3.63) is 39.6 Å². The molecule has 0 radical (unpaired) electrons. The average Bonchev–Trinajstić information content (AvgIpc) is 3.05. The number of aromatic nitrogens is 2. The number of nitrogens with zero attached hydrogens (tertiary/aromatic N) is 4. The smallest absolute Gasteiger partial charge is 0.321 e. The van der Waals surface area contributed by atoms with Gasteiger partial charge >= 0.3 is 6.03 Å². The third-order valence-electron chi connectivity index (χ3n) is 4.41. The molecule has 3 heterocycles. The second-order valence-corrected chi connectivity index (χ2v) is 7.31. The first-order chi connectivity index (χ1) is 12.0. The third-order valence-corrected chi connectivity index (χ3v) is 5.46. The minimum Gasteiger partial charge on any atom is -0.322 e. The molecule has 134 valence electrons. The first-order valence-corrected chi connectivity index (χ1v) is 9.59. The van der Waals surface area contributed by atoms with Gasteiger partial charge in [0.1, 0.15) is 0 Å². The maximum absolute atomic E-state index is 12.5. The molecule has 0 saturated carbocycles. The molecule has 6 nitrogen and oxygen atoms in total. The number of rotatable bonds is 4. The summed E-state index contributed by atoms with van der Waals surface area (Å²) in [4.78, 5) is 25.7. The summed E-state index contributed by atoms with van der Waals surface area (Å²) in [5, 5.41) is 6.31. The number of hydrogen-bond acceptors (Lipinski definition) is 5. The second-order valence-electron chi connectivity index (χ2n) is 6.37. The highest BCUT2D eigenvalue weighted by atomic mass is 32.1. The lowest BCUT2D eigenvalue weighted by Crippen LogP contribution is -2.49. The monoisotopic (exact) mass is 359 g/mol. The molecule has 0 spiro atoms. The molecule has 0 aromatic carbocycles. The van der Waals surface area contributed by atoms with Crippen LogP contribution in [0.25, 0.3) is 0 Å². The third kappa shape index (κ3) is 4.55. The van der Waals surface area contributed by atoms with Gasteiger partial charge in [0.15, 0.2) is 0 Å². The number of anilines is 1. The van der Waals surface area contributed by atoms with E-state index in [0.717, 1.165) is 61.9 Å². The SMILES string of the molecule is CCc1nc(CN2CCN(C(=O)Nc3ccc(C)nc3C)CC2)cs1. The van der Waals surface area contributed by atoms with E-state index < -0.39 is 0 Å². The molecule has 3 rings (SSSR count). The molecule has 0 aliphatic carbocycles. The molecule has 2 aromatic heterocycles. The normalized spacial score (nSPS) is 15.4. The molecule has 7 heteroatoms. The van der Waals surface area contributed by atoms with Gasteiger partial charge < -0.3 is 10.2 Å². The maximum Gasteiger partial charge on any atom is 0.321 e. The zero-order valence-electron chi connectivity index (χ0n) is 15.1. The van der Waals surface area contributed by atoms with Crippen LogP contribution in [0, 0.1) is 13.8 Å². The number of urea groups is 1. The first-order valence-electron chi connectivity index (χ1n) is 8.71. The van der Waals surface area contributed by atoms with Gasteiger partial charge in [0.25, 0.3) is 0 Å². The van der Waals surface area contributed by atoms with Crippen molar-refractivity contribution in [3.63, 3.8) is 0 Å². The van der Waals surface area contributed by atoms with Gasteiger partial charge in [0.2, 0.25) is 0 Å². The van der Waals surface area contributed by atoms with Gasteiger partial charge in [-0.05, 0) is 32.4 Å². The Morgan fingerprint density at radius 1 is 1.20 bits per heavy atom. The fraction of sp³-hybridized carbons (Fsp3) is 0.500. The number of piperazine rings is 1. The highest BCUT2D eigenvalue weighted by molar-refractivity contribution is 7.09. The van der Waals surface area contributed by atoms with Gasteiger partial charge in [-0.2, -0.15) is 0 Å². The Bertz CT molecular complexity index is 737. The molecule has 1 aliphatic rings.